The van der Waals surface area contributed by atoms with Gasteiger partial charge in [0.05, 0.1) is 6.04 Å². The maximum atomic E-state index is 6.15. The first kappa shape index (κ1) is 12.6. The third-order valence-electron chi connectivity index (χ3n) is 4.69. The average Bonchev–Trinajstić information content (AvgIpc) is 3.20. The van der Waals surface area contributed by atoms with E-state index in [-0.39, 0.29) is 0 Å². The summed E-state index contributed by atoms with van der Waals surface area (Å²) in [6.07, 6.45) is 8.51. The predicted molar refractivity (Wildman–Crippen MR) is 79.0 cm³/mol. The van der Waals surface area contributed by atoms with Crippen LogP contribution in [-0.4, -0.2) is 41.5 Å². The Bertz CT molecular complexity index is 306. The highest BCUT2D eigenvalue weighted by Crippen LogP contribution is 2.46. The molecule has 0 amide bonds. The smallest absolute Gasteiger partial charge is 0.191 e. The summed E-state index contributed by atoms with van der Waals surface area (Å²) >= 11 is 2.02. The van der Waals surface area contributed by atoms with Gasteiger partial charge in [-0.2, -0.15) is 11.8 Å². The Morgan fingerprint density at radius 3 is 2.56 bits per heavy atom. The third kappa shape index (κ3) is 2.95. The Kier molecular flexibility index (Phi) is 4.02. The zero-order valence-corrected chi connectivity index (χ0v) is 12.0. The minimum Gasteiger partial charge on any atom is -0.370 e. The van der Waals surface area contributed by atoms with Crippen LogP contribution in [0.15, 0.2) is 4.99 Å². The number of nitrogens with zero attached hydrogens (tertiary/aromatic N) is 2. The molecule has 0 bridgehead atoms. The fourth-order valence-corrected chi connectivity index (χ4v) is 4.36. The molecule has 3 aliphatic rings. The molecule has 4 heteroatoms. The molecule has 18 heavy (non-hydrogen) atoms. The second kappa shape index (κ2) is 5.72. The molecule has 0 aromatic carbocycles. The summed E-state index contributed by atoms with van der Waals surface area (Å²) in [4.78, 5) is 7.05. The van der Waals surface area contributed by atoms with Crippen LogP contribution in [-0.2, 0) is 0 Å². The van der Waals surface area contributed by atoms with E-state index in [0.717, 1.165) is 30.9 Å². The zero-order chi connectivity index (χ0) is 12.4. The minimum atomic E-state index is 0.558. The van der Waals surface area contributed by atoms with Crippen LogP contribution in [0.2, 0.25) is 0 Å². The summed E-state index contributed by atoms with van der Waals surface area (Å²) in [6, 6.07) is 0.558. The molecule has 2 unspecified atom stereocenters. The lowest BCUT2D eigenvalue weighted by atomic mass is 9.85. The monoisotopic (exact) mass is 267 g/mol. The molecule has 3 nitrogen and oxygen atoms in total. The van der Waals surface area contributed by atoms with Crippen LogP contribution in [0.1, 0.15) is 38.5 Å². The van der Waals surface area contributed by atoms with Crippen molar-refractivity contribution < 1.29 is 0 Å². The molecule has 2 N–H and O–H groups in total. The van der Waals surface area contributed by atoms with Crippen LogP contribution in [0.4, 0.5) is 0 Å². The van der Waals surface area contributed by atoms with Crippen molar-refractivity contribution in [3.63, 3.8) is 0 Å². The van der Waals surface area contributed by atoms with Gasteiger partial charge >= 0.3 is 0 Å². The molecular formula is C14H25N3S. The van der Waals surface area contributed by atoms with Crippen LogP contribution in [0.3, 0.4) is 0 Å². The first-order chi connectivity index (χ1) is 8.84. The fourth-order valence-electron chi connectivity index (χ4n) is 3.46. The van der Waals surface area contributed by atoms with Crippen molar-refractivity contribution in [2.45, 2.75) is 44.6 Å². The van der Waals surface area contributed by atoms with Gasteiger partial charge in [0.25, 0.3) is 0 Å². The van der Waals surface area contributed by atoms with Crippen molar-refractivity contribution in [1.82, 2.24) is 4.90 Å². The van der Waals surface area contributed by atoms with E-state index in [9.17, 15) is 0 Å². The lowest BCUT2D eigenvalue weighted by molar-refractivity contribution is 0.318. The maximum absolute atomic E-state index is 6.15. The van der Waals surface area contributed by atoms with Crippen LogP contribution >= 0.6 is 11.8 Å². The van der Waals surface area contributed by atoms with Crippen LogP contribution in [0, 0.1) is 11.8 Å². The van der Waals surface area contributed by atoms with Crippen molar-refractivity contribution >= 4 is 17.7 Å². The lowest BCUT2D eigenvalue weighted by Gasteiger charge is -2.27. The van der Waals surface area contributed by atoms with E-state index in [1.807, 2.05) is 11.8 Å². The first-order valence-electron chi connectivity index (χ1n) is 7.50. The van der Waals surface area contributed by atoms with Crippen molar-refractivity contribution in [2.24, 2.45) is 22.6 Å². The van der Waals surface area contributed by atoms with Crippen LogP contribution < -0.4 is 5.73 Å². The van der Waals surface area contributed by atoms with Crippen molar-refractivity contribution in [2.75, 3.05) is 24.6 Å². The summed E-state index contributed by atoms with van der Waals surface area (Å²) in [5, 5.41) is 0. The van der Waals surface area contributed by atoms with Gasteiger partial charge < -0.3 is 10.6 Å². The van der Waals surface area contributed by atoms with E-state index in [2.05, 4.69) is 4.90 Å². The maximum Gasteiger partial charge on any atom is 0.191 e. The number of aliphatic imine (C=N–C) groups is 1. The van der Waals surface area contributed by atoms with E-state index in [1.54, 1.807) is 0 Å². The highest BCUT2D eigenvalue weighted by atomic mass is 32.2. The quantitative estimate of drug-likeness (QED) is 0.617. The van der Waals surface area contributed by atoms with E-state index in [4.69, 9.17) is 10.7 Å². The number of nitrogens with two attached hydrogens (primary N) is 1. The summed E-state index contributed by atoms with van der Waals surface area (Å²) in [5.74, 6) is 5.04. The summed E-state index contributed by atoms with van der Waals surface area (Å²) in [6.45, 7) is 2.17. The Hall–Kier alpha value is -0.380. The second-order valence-electron chi connectivity index (χ2n) is 5.95. The third-order valence-corrected chi connectivity index (χ3v) is 5.64. The Labute approximate surface area is 115 Å². The Morgan fingerprint density at radius 2 is 1.83 bits per heavy atom. The fraction of sp³-hybridized carbons (Fsp3) is 0.929. The second-order valence-corrected chi connectivity index (χ2v) is 7.18. The molecule has 0 radical (unpaired) electrons. The number of rotatable bonds is 2. The van der Waals surface area contributed by atoms with Crippen molar-refractivity contribution in [3.05, 3.63) is 0 Å². The predicted octanol–water partition coefficient (Wildman–Crippen LogP) is 2.32. The first-order valence-corrected chi connectivity index (χ1v) is 8.66. The van der Waals surface area contributed by atoms with Gasteiger partial charge in [0.15, 0.2) is 5.96 Å². The molecule has 0 aromatic rings. The van der Waals surface area contributed by atoms with Gasteiger partial charge in [-0.05, 0) is 18.3 Å². The van der Waals surface area contributed by atoms with Gasteiger partial charge in [0, 0.05) is 24.6 Å². The summed E-state index contributed by atoms with van der Waals surface area (Å²) < 4.78 is 0. The number of hydrogen-bond acceptors (Lipinski definition) is 2. The number of guanidine groups is 1. The van der Waals surface area contributed by atoms with Crippen molar-refractivity contribution in [1.29, 1.82) is 0 Å². The van der Waals surface area contributed by atoms with Crippen molar-refractivity contribution in [3.8, 4) is 0 Å². The summed E-state index contributed by atoms with van der Waals surface area (Å²) in [5.41, 5.74) is 6.15. The molecule has 3 fully saturated rings. The molecule has 2 aliphatic carbocycles. The standard InChI is InChI=1S/C14H25N3S/c15-14(17-6-8-18-9-7-17)16-13-10-12(13)11-4-2-1-3-5-11/h11-13H,1-10H2,(H2,15,16). The molecule has 0 aromatic heterocycles. The Balaban J connectivity index is 1.50. The molecule has 2 atom stereocenters. The molecule has 1 heterocycles. The highest BCUT2D eigenvalue weighted by Gasteiger charge is 2.43. The lowest BCUT2D eigenvalue weighted by Crippen LogP contribution is -2.42. The minimum absolute atomic E-state index is 0.558. The van der Waals surface area contributed by atoms with Gasteiger partial charge in [-0.25, -0.2) is 4.99 Å². The molecule has 3 rings (SSSR count). The van der Waals surface area contributed by atoms with Gasteiger partial charge in [0.2, 0.25) is 0 Å². The highest BCUT2D eigenvalue weighted by molar-refractivity contribution is 7.99. The number of hydrogen-bond donors (Lipinski definition) is 1. The van der Waals surface area contributed by atoms with Gasteiger partial charge in [-0.1, -0.05) is 32.1 Å². The van der Waals surface area contributed by atoms with E-state index in [1.165, 1.54) is 50.0 Å². The summed E-state index contributed by atoms with van der Waals surface area (Å²) in [7, 11) is 0. The number of thioether (sulfide) groups is 1. The van der Waals surface area contributed by atoms with Crippen LogP contribution in [0.25, 0.3) is 0 Å². The van der Waals surface area contributed by atoms with Gasteiger partial charge in [0.1, 0.15) is 0 Å². The topological polar surface area (TPSA) is 41.6 Å². The van der Waals surface area contributed by atoms with Crippen LogP contribution in [0.5, 0.6) is 0 Å². The zero-order valence-electron chi connectivity index (χ0n) is 11.2. The molecule has 0 spiro atoms. The largest absolute Gasteiger partial charge is 0.370 e. The molecular weight excluding hydrogens is 242 g/mol. The van der Waals surface area contributed by atoms with Gasteiger partial charge in [-0.15, -0.1) is 0 Å². The van der Waals surface area contributed by atoms with Gasteiger partial charge in [-0.3, -0.25) is 0 Å². The Morgan fingerprint density at radius 1 is 1.11 bits per heavy atom. The van der Waals surface area contributed by atoms with E-state index < -0.39 is 0 Å². The molecule has 2 saturated carbocycles. The van der Waals surface area contributed by atoms with E-state index in [0.29, 0.717) is 6.04 Å². The van der Waals surface area contributed by atoms with E-state index >= 15 is 0 Å². The average molecular weight is 267 g/mol. The molecule has 102 valence electrons. The normalized spacial score (nSPS) is 34.7. The SMILES string of the molecule is NC(=NC1CC1C1CCCCC1)N1CCSCC1. The molecule has 1 saturated heterocycles. The molecule has 1 aliphatic heterocycles.